The summed E-state index contributed by atoms with van der Waals surface area (Å²) < 4.78 is 10.6. The number of benzene rings is 2. The smallest absolute Gasteiger partial charge is 0.273 e. The van der Waals surface area contributed by atoms with E-state index in [1.165, 1.54) is 0 Å². The Hall–Kier alpha value is -3.28. The molecule has 0 fully saturated rings. The van der Waals surface area contributed by atoms with Crippen LogP contribution in [0.2, 0.25) is 0 Å². The van der Waals surface area contributed by atoms with Gasteiger partial charge in [-0.3, -0.25) is 9.89 Å². The first-order valence-electron chi connectivity index (χ1n) is 7.35. The summed E-state index contributed by atoms with van der Waals surface area (Å²) in [6, 6.07) is 16.4. The molecule has 6 heteroatoms. The van der Waals surface area contributed by atoms with Crippen molar-refractivity contribution >= 4 is 11.6 Å². The molecule has 3 rings (SSSR count). The van der Waals surface area contributed by atoms with Crippen LogP contribution in [0.1, 0.15) is 10.5 Å². The average molecular weight is 323 g/mol. The Bertz CT molecular complexity index is 844. The van der Waals surface area contributed by atoms with Gasteiger partial charge in [0.1, 0.15) is 17.2 Å². The lowest BCUT2D eigenvalue weighted by atomic mass is 10.1. The third-order valence-electron chi connectivity index (χ3n) is 3.54. The molecule has 3 aromatic rings. The van der Waals surface area contributed by atoms with Crippen molar-refractivity contribution in [1.29, 1.82) is 0 Å². The number of aromatic amines is 1. The van der Waals surface area contributed by atoms with Crippen LogP contribution in [0.3, 0.4) is 0 Å². The highest BCUT2D eigenvalue weighted by Gasteiger charge is 2.14. The topological polar surface area (TPSA) is 76.2 Å². The molecule has 0 saturated heterocycles. The summed E-state index contributed by atoms with van der Waals surface area (Å²) in [7, 11) is 3.17. The highest BCUT2D eigenvalue weighted by atomic mass is 16.5. The minimum atomic E-state index is -0.257. The highest BCUT2D eigenvalue weighted by Crippen LogP contribution is 2.32. The molecule has 0 bridgehead atoms. The number of H-pyrrole nitrogens is 1. The number of anilines is 1. The first-order chi connectivity index (χ1) is 11.7. The Balaban J connectivity index is 1.84. The highest BCUT2D eigenvalue weighted by molar-refractivity contribution is 6.03. The van der Waals surface area contributed by atoms with Gasteiger partial charge in [0.2, 0.25) is 0 Å². The van der Waals surface area contributed by atoms with Crippen LogP contribution in [-0.4, -0.2) is 30.3 Å². The number of nitrogens with one attached hydrogen (secondary N) is 2. The number of nitrogens with zero attached hydrogens (tertiary/aromatic N) is 1. The van der Waals surface area contributed by atoms with Gasteiger partial charge in [0, 0.05) is 17.3 Å². The summed E-state index contributed by atoms with van der Waals surface area (Å²) in [4.78, 5) is 12.3. The third-order valence-corrected chi connectivity index (χ3v) is 3.54. The Labute approximate surface area is 139 Å². The minimum absolute atomic E-state index is 0.257. The Morgan fingerprint density at radius 1 is 1.04 bits per heavy atom. The fourth-order valence-corrected chi connectivity index (χ4v) is 2.31. The van der Waals surface area contributed by atoms with E-state index in [1.807, 2.05) is 42.5 Å². The second-order valence-electron chi connectivity index (χ2n) is 5.05. The summed E-state index contributed by atoms with van der Waals surface area (Å²) in [6.45, 7) is 0. The van der Waals surface area contributed by atoms with E-state index in [0.717, 1.165) is 11.3 Å². The van der Waals surface area contributed by atoms with Crippen LogP contribution in [-0.2, 0) is 0 Å². The number of aromatic nitrogens is 2. The van der Waals surface area contributed by atoms with Gasteiger partial charge in [0.25, 0.3) is 5.91 Å². The van der Waals surface area contributed by atoms with E-state index < -0.39 is 0 Å². The van der Waals surface area contributed by atoms with Gasteiger partial charge in [-0.15, -0.1) is 0 Å². The zero-order valence-corrected chi connectivity index (χ0v) is 13.4. The fourth-order valence-electron chi connectivity index (χ4n) is 2.31. The van der Waals surface area contributed by atoms with Crippen LogP contribution in [0, 0.1) is 0 Å². The Morgan fingerprint density at radius 2 is 1.83 bits per heavy atom. The maximum atomic E-state index is 12.3. The van der Waals surface area contributed by atoms with Gasteiger partial charge < -0.3 is 14.8 Å². The van der Waals surface area contributed by atoms with Crippen molar-refractivity contribution < 1.29 is 14.3 Å². The minimum Gasteiger partial charge on any atom is -0.497 e. The maximum absolute atomic E-state index is 12.3. The van der Waals surface area contributed by atoms with E-state index in [1.54, 1.807) is 26.4 Å². The van der Waals surface area contributed by atoms with Crippen LogP contribution >= 0.6 is 0 Å². The van der Waals surface area contributed by atoms with Gasteiger partial charge in [-0.05, 0) is 30.3 Å². The first-order valence-corrected chi connectivity index (χ1v) is 7.35. The number of hydrogen-bond donors (Lipinski definition) is 2. The molecule has 1 heterocycles. The molecule has 2 N–H and O–H groups in total. The van der Waals surface area contributed by atoms with Crippen molar-refractivity contribution in [2.24, 2.45) is 0 Å². The van der Waals surface area contributed by atoms with Crippen LogP contribution in [0.5, 0.6) is 11.5 Å². The van der Waals surface area contributed by atoms with Crippen LogP contribution in [0.4, 0.5) is 5.69 Å². The summed E-state index contributed by atoms with van der Waals surface area (Å²) >= 11 is 0. The number of rotatable bonds is 5. The molecule has 0 aliphatic carbocycles. The molecule has 1 amide bonds. The molecule has 0 spiro atoms. The molecule has 0 radical (unpaired) electrons. The number of carbonyl (C=O) groups excluding carboxylic acids is 1. The van der Waals surface area contributed by atoms with Crippen molar-refractivity contribution in [3.05, 3.63) is 60.3 Å². The molecule has 0 saturated carbocycles. The molecule has 122 valence electrons. The lowest BCUT2D eigenvalue weighted by Gasteiger charge is -2.08. The summed E-state index contributed by atoms with van der Waals surface area (Å²) in [5.41, 5.74) is 2.48. The predicted octanol–water partition coefficient (Wildman–Crippen LogP) is 3.35. The molecule has 2 aromatic carbocycles. The first kappa shape index (κ1) is 15.6. The monoisotopic (exact) mass is 323 g/mol. The molecule has 24 heavy (non-hydrogen) atoms. The fraction of sp³-hybridized carbons (Fsp3) is 0.111. The zero-order valence-electron chi connectivity index (χ0n) is 13.4. The third kappa shape index (κ3) is 3.22. The average Bonchev–Trinajstić information content (AvgIpc) is 3.12. The van der Waals surface area contributed by atoms with E-state index in [2.05, 4.69) is 15.5 Å². The number of para-hydroxylation sites is 1. The summed E-state index contributed by atoms with van der Waals surface area (Å²) in [5, 5.41) is 9.77. The molecule has 0 unspecified atom stereocenters. The van der Waals surface area contributed by atoms with E-state index in [-0.39, 0.29) is 5.91 Å². The summed E-state index contributed by atoms with van der Waals surface area (Å²) in [5.74, 6) is 1.05. The molecule has 0 aliphatic heterocycles. The molecular formula is C18H17N3O3. The van der Waals surface area contributed by atoms with E-state index in [9.17, 15) is 4.79 Å². The van der Waals surface area contributed by atoms with Gasteiger partial charge in [0.15, 0.2) is 0 Å². The predicted molar refractivity (Wildman–Crippen MR) is 91.5 cm³/mol. The van der Waals surface area contributed by atoms with Crippen LogP contribution in [0.15, 0.2) is 54.6 Å². The largest absolute Gasteiger partial charge is 0.497 e. The maximum Gasteiger partial charge on any atom is 0.273 e. The molecule has 6 nitrogen and oxygen atoms in total. The molecular weight excluding hydrogens is 306 g/mol. The molecule has 1 aromatic heterocycles. The van der Waals surface area contributed by atoms with Crippen molar-refractivity contribution in [1.82, 2.24) is 10.2 Å². The van der Waals surface area contributed by atoms with Gasteiger partial charge in [-0.25, -0.2) is 0 Å². The Morgan fingerprint density at radius 3 is 2.54 bits per heavy atom. The lowest BCUT2D eigenvalue weighted by molar-refractivity contribution is 0.102. The van der Waals surface area contributed by atoms with E-state index in [0.29, 0.717) is 22.9 Å². The van der Waals surface area contributed by atoms with Crippen molar-refractivity contribution in [3.63, 3.8) is 0 Å². The second kappa shape index (κ2) is 6.87. The Kier molecular flexibility index (Phi) is 4.47. The number of carbonyl (C=O) groups is 1. The van der Waals surface area contributed by atoms with Gasteiger partial charge >= 0.3 is 0 Å². The zero-order chi connectivity index (χ0) is 16.9. The van der Waals surface area contributed by atoms with Crippen LogP contribution in [0.25, 0.3) is 11.3 Å². The van der Waals surface area contributed by atoms with Gasteiger partial charge in [-0.2, -0.15) is 5.10 Å². The molecule has 0 aliphatic rings. The second-order valence-corrected chi connectivity index (χ2v) is 5.05. The van der Waals surface area contributed by atoms with Crippen molar-refractivity contribution in [3.8, 4) is 22.8 Å². The standard InChI is InChI=1S/C18H17N3O3/c1-23-13-8-9-14(17(10-13)24-2)15-11-16(21-20-15)18(22)19-12-6-4-3-5-7-12/h3-11H,1-2H3,(H,19,22)(H,20,21). The van der Waals surface area contributed by atoms with E-state index >= 15 is 0 Å². The quantitative estimate of drug-likeness (QED) is 0.755. The van der Waals surface area contributed by atoms with Gasteiger partial charge in [0.05, 0.1) is 19.9 Å². The van der Waals surface area contributed by atoms with Crippen LogP contribution < -0.4 is 14.8 Å². The van der Waals surface area contributed by atoms with Crippen molar-refractivity contribution in [2.75, 3.05) is 19.5 Å². The number of amides is 1. The van der Waals surface area contributed by atoms with Gasteiger partial charge in [-0.1, -0.05) is 18.2 Å². The van der Waals surface area contributed by atoms with Crippen molar-refractivity contribution in [2.45, 2.75) is 0 Å². The summed E-state index contributed by atoms with van der Waals surface area (Å²) in [6.07, 6.45) is 0. The molecule has 0 atom stereocenters. The number of ether oxygens (including phenoxy) is 2. The normalized spacial score (nSPS) is 10.2. The number of hydrogen-bond acceptors (Lipinski definition) is 4. The SMILES string of the molecule is COc1ccc(-c2cc(C(=O)Nc3ccccc3)[nH]n2)c(OC)c1. The number of methoxy groups -OCH3 is 2. The van der Waals surface area contributed by atoms with E-state index in [4.69, 9.17) is 9.47 Å². The lowest BCUT2D eigenvalue weighted by Crippen LogP contribution is -2.12.